The van der Waals surface area contributed by atoms with Gasteiger partial charge in [0.1, 0.15) is 29.2 Å². The van der Waals surface area contributed by atoms with Crippen molar-refractivity contribution in [3.05, 3.63) is 71.4 Å². The molecular weight excluding hydrogens is 473 g/mol. The van der Waals surface area contributed by atoms with Crippen molar-refractivity contribution in [2.75, 3.05) is 18.6 Å². The zero-order valence-corrected chi connectivity index (χ0v) is 19.7. The number of amides is 1. The first-order valence-corrected chi connectivity index (χ1v) is 11.5. The first-order valence-electron chi connectivity index (χ1n) is 11.2. The molecular formula is C25H23ClFN5O3. The Balaban J connectivity index is 1.39. The van der Waals surface area contributed by atoms with Crippen LogP contribution in [0.3, 0.4) is 0 Å². The molecule has 35 heavy (non-hydrogen) atoms. The summed E-state index contributed by atoms with van der Waals surface area (Å²) in [6.07, 6.45) is 5.17. The van der Waals surface area contributed by atoms with Crippen molar-refractivity contribution in [3.8, 4) is 11.5 Å². The minimum atomic E-state index is -0.610. The predicted octanol–water partition coefficient (Wildman–Crippen LogP) is 4.67. The van der Waals surface area contributed by atoms with Gasteiger partial charge in [0, 0.05) is 31.5 Å². The highest BCUT2D eigenvalue weighted by atomic mass is 35.5. The number of rotatable bonds is 8. The van der Waals surface area contributed by atoms with Crippen molar-refractivity contribution in [1.82, 2.24) is 19.9 Å². The summed E-state index contributed by atoms with van der Waals surface area (Å²) in [5.74, 6) is 0.250. The molecule has 0 aliphatic heterocycles. The molecule has 8 nitrogen and oxygen atoms in total. The van der Waals surface area contributed by atoms with E-state index in [0.717, 1.165) is 29.6 Å². The summed E-state index contributed by atoms with van der Waals surface area (Å²) in [6.45, 7) is 0.413. The zero-order valence-electron chi connectivity index (χ0n) is 18.9. The van der Waals surface area contributed by atoms with Crippen molar-refractivity contribution in [1.29, 1.82) is 0 Å². The van der Waals surface area contributed by atoms with E-state index in [9.17, 15) is 14.3 Å². The average Bonchev–Trinajstić information content (AvgIpc) is 3.58. The van der Waals surface area contributed by atoms with E-state index in [4.69, 9.17) is 16.3 Å². The number of halogens is 2. The van der Waals surface area contributed by atoms with Gasteiger partial charge in [-0.1, -0.05) is 11.6 Å². The SMILES string of the molecule is CN(c1ccc(Oc2ccc(F)c(C(=O)NC3CC3)c2)c(Cl)c1)c1ncnc2ccn(CCO)c12. The normalized spacial score (nSPS) is 13.1. The maximum Gasteiger partial charge on any atom is 0.254 e. The summed E-state index contributed by atoms with van der Waals surface area (Å²) in [5.41, 5.74) is 2.24. The van der Waals surface area contributed by atoms with Crippen LogP contribution in [-0.2, 0) is 6.54 Å². The van der Waals surface area contributed by atoms with E-state index >= 15 is 0 Å². The third kappa shape index (κ3) is 4.78. The minimum absolute atomic E-state index is 0.00691. The molecule has 2 N–H and O–H groups in total. The number of ether oxygens (including phenoxy) is 1. The Morgan fingerprint density at radius 3 is 2.83 bits per heavy atom. The lowest BCUT2D eigenvalue weighted by atomic mass is 10.2. The third-order valence-corrected chi connectivity index (χ3v) is 6.11. The van der Waals surface area contributed by atoms with E-state index < -0.39 is 11.7 Å². The number of aliphatic hydroxyl groups is 1. The van der Waals surface area contributed by atoms with Gasteiger partial charge in [0.05, 0.1) is 22.7 Å². The molecule has 1 aliphatic rings. The Morgan fingerprint density at radius 1 is 1.26 bits per heavy atom. The highest BCUT2D eigenvalue weighted by Crippen LogP contribution is 2.36. The van der Waals surface area contributed by atoms with E-state index in [0.29, 0.717) is 28.9 Å². The second-order valence-corrected chi connectivity index (χ2v) is 8.74. The molecule has 0 radical (unpaired) electrons. The summed E-state index contributed by atoms with van der Waals surface area (Å²) in [7, 11) is 1.86. The summed E-state index contributed by atoms with van der Waals surface area (Å²) >= 11 is 6.52. The average molecular weight is 496 g/mol. The van der Waals surface area contributed by atoms with Crippen molar-refractivity contribution in [2.24, 2.45) is 0 Å². The molecule has 2 aromatic carbocycles. The van der Waals surface area contributed by atoms with Crippen molar-refractivity contribution >= 4 is 40.0 Å². The van der Waals surface area contributed by atoms with E-state index in [-0.39, 0.29) is 18.2 Å². The lowest BCUT2D eigenvalue weighted by Crippen LogP contribution is -2.26. The molecule has 180 valence electrons. The fraction of sp³-hybridized carbons (Fsp3) is 0.240. The Kier molecular flexibility index (Phi) is 6.27. The van der Waals surface area contributed by atoms with Crippen LogP contribution in [0.4, 0.5) is 15.9 Å². The van der Waals surface area contributed by atoms with Crippen LogP contribution in [0.2, 0.25) is 5.02 Å². The summed E-state index contributed by atoms with van der Waals surface area (Å²) in [5, 5.41) is 12.5. The molecule has 10 heteroatoms. The number of nitrogens with one attached hydrogen (secondary N) is 1. The smallest absolute Gasteiger partial charge is 0.254 e. The molecule has 0 saturated heterocycles. The van der Waals surface area contributed by atoms with E-state index in [1.807, 2.05) is 34.8 Å². The fourth-order valence-electron chi connectivity index (χ4n) is 3.82. The van der Waals surface area contributed by atoms with Crippen LogP contribution in [0.25, 0.3) is 11.0 Å². The molecule has 5 rings (SSSR count). The number of hydrogen-bond acceptors (Lipinski definition) is 6. The number of anilines is 2. The number of hydrogen-bond donors (Lipinski definition) is 2. The molecule has 2 aromatic heterocycles. The second kappa shape index (κ2) is 9.52. The van der Waals surface area contributed by atoms with Crippen molar-refractivity contribution in [3.63, 3.8) is 0 Å². The Bertz CT molecular complexity index is 1410. The molecule has 1 amide bonds. The Morgan fingerprint density at radius 2 is 2.09 bits per heavy atom. The number of nitrogens with zero attached hydrogens (tertiary/aromatic N) is 4. The molecule has 0 spiro atoms. The van der Waals surface area contributed by atoms with Crippen LogP contribution >= 0.6 is 11.6 Å². The topological polar surface area (TPSA) is 92.5 Å². The Labute approximate surface area is 205 Å². The van der Waals surface area contributed by atoms with Gasteiger partial charge in [-0.25, -0.2) is 14.4 Å². The monoisotopic (exact) mass is 495 g/mol. The summed E-state index contributed by atoms with van der Waals surface area (Å²) in [6, 6.07) is 11.3. The van der Waals surface area contributed by atoms with Gasteiger partial charge in [-0.15, -0.1) is 0 Å². The highest BCUT2D eigenvalue weighted by Gasteiger charge is 2.25. The maximum absolute atomic E-state index is 14.2. The predicted molar refractivity (Wildman–Crippen MR) is 131 cm³/mol. The van der Waals surface area contributed by atoms with Crippen LogP contribution in [0.1, 0.15) is 23.2 Å². The first kappa shape index (κ1) is 23.1. The number of carbonyl (C=O) groups is 1. The largest absolute Gasteiger partial charge is 0.456 e. The Hall–Kier alpha value is -3.69. The maximum atomic E-state index is 14.2. The van der Waals surface area contributed by atoms with E-state index in [1.54, 1.807) is 12.1 Å². The quantitative estimate of drug-likeness (QED) is 0.369. The van der Waals surface area contributed by atoms with E-state index in [1.165, 1.54) is 24.5 Å². The van der Waals surface area contributed by atoms with Crippen LogP contribution < -0.4 is 15.0 Å². The van der Waals surface area contributed by atoms with Crippen LogP contribution in [0, 0.1) is 5.82 Å². The molecule has 4 aromatic rings. The number of carbonyl (C=O) groups excluding carboxylic acids is 1. The second-order valence-electron chi connectivity index (χ2n) is 8.33. The van der Waals surface area contributed by atoms with E-state index in [2.05, 4.69) is 15.3 Å². The lowest BCUT2D eigenvalue weighted by Gasteiger charge is -2.21. The van der Waals surface area contributed by atoms with Crippen LogP contribution in [-0.4, -0.2) is 45.2 Å². The van der Waals surface area contributed by atoms with Gasteiger partial charge in [-0.05, 0) is 55.3 Å². The number of aliphatic hydroxyl groups excluding tert-OH is 1. The van der Waals surface area contributed by atoms with Gasteiger partial charge in [-0.2, -0.15) is 0 Å². The van der Waals surface area contributed by atoms with Crippen LogP contribution in [0.5, 0.6) is 11.5 Å². The zero-order chi connectivity index (χ0) is 24.5. The molecule has 0 atom stereocenters. The molecule has 2 heterocycles. The van der Waals surface area contributed by atoms with Crippen molar-refractivity contribution < 1.29 is 19.0 Å². The molecule has 1 saturated carbocycles. The first-order chi connectivity index (χ1) is 16.9. The molecule has 0 bridgehead atoms. The van der Waals surface area contributed by atoms with Gasteiger partial charge in [0.25, 0.3) is 5.91 Å². The summed E-state index contributed by atoms with van der Waals surface area (Å²) < 4.78 is 22.0. The third-order valence-electron chi connectivity index (χ3n) is 5.82. The van der Waals surface area contributed by atoms with Gasteiger partial charge in [0.15, 0.2) is 5.82 Å². The van der Waals surface area contributed by atoms with Gasteiger partial charge in [-0.3, -0.25) is 4.79 Å². The number of fused-ring (bicyclic) bond motifs is 1. The molecule has 1 fully saturated rings. The van der Waals surface area contributed by atoms with Crippen LogP contribution in [0.15, 0.2) is 55.0 Å². The van der Waals surface area contributed by atoms with Gasteiger partial charge < -0.3 is 24.6 Å². The standard InChI is InChI=1S/C25H23ClFN5O3/c1-31(24-23-21(28-14-29-24)8-9-32(23)10-11-33)16-4-7-22(19(26)12-16)35-17-5-6-20(27)18(13-17)25(34)30-15-2-3-15/h4-9,12-15,33H,2-3,10-11H2,1H3,(H,30,34). The molecule has 1 aliphatic carbocycles. The fourth-order valence-corrected chi connectivity index (χ4v) is 4.03. The minimum Gasteiger partial charge on any atom is -0.456 e. The highest BCUT2D eigenvalue weighted by molar-refractivity contribution is 6.32. The number of aromatic nitrogens is 3. The van der Waals surface area contributed by atoms with Gasteiger partial charge >= 0.3 is 0 Å². The lowest BCUT2D eigenvalue weighted by molar-refractivity contribution is 0.0946. The van der Waals surface area contributed by atoms with Gasteiger partial charge in [0.2, 0.25) is 0 Å². The van der Waals surface area contributed by atoms with Crippen molar-refractivity contribution in [2.45, 2.75) is 25.4 Å². The molecule has 0 unspecified atom stereocenters. The summed E-state index contributed by atoms with van der Waals surface area (Å²) in [4.78, 5) is 22.9. The number of benzene rings is 2.